The van der Waals surface area contributed by atoms with E-state index >= 15 is 0 Å². The Morgan fingerprint density at radius 1 is 0.692 bits per heavy atom. The topological polar surface area (TPSA) is 86.7 Å². The molecule has 2 atom stereocenters. The molecule has 146 valence electrons. The van der Waals surface area contributed by atoms with E-state index in [1.165, 1.54) is 0 Å². The van der Waals surface area contributed by atoms with E-state index in [2.05, 4.69) is 0 Å². The zero-order chi connectivity index (χ0) is 18.8. The Kier molecular flexibility index (Phi) is 8.78. The molecule has 6 nitrogen and oxygen atoms in total. The third-order valence-corrected chi connectivity index (χ3v) is 5.21. The molecule has 0 bridgehead atoms. The van der Waals surface area contributed by atoms with E-state index < -0.39 is 11.8 Å². The summed E-state index contributed by atoms with van der Waals surface area (Å²) >= 11 is 0. The number of carbonyl (C=O) groups excluding carboxylic acids is 4. The maximum atomic E-state index is 11.9. The van der Waals surface area contributed by atoms with Crippen molar-refractivity contribution in [3.8, 4) is 0 Å². The van der Waals surface area contributed by atoms with Crippen LogP contribution in [0.25, 0.3) is 0 Å². The number of ether oxygens (including phenoxy) is 2. The van der Waals surface area contributed by atoms with Crippen molar-refractivity contribution in [1.82, 2.24) is 0 Å². The number of hydrogen-bond donors (Lipinski definition) is 0. The van der Waals surface area contributed by atoms with Gasteiger partial charge in [-0.3, -0.25) is 19.2 Å². The van der Waals surface area contributed by atoms with Crippen molar-refractivity contribution in [2.45, 2.75) is 77.0 Å². The highest BCUT2D eigenvalue weighted by atomic mass is 16.5. The minimum absolute atomic E-state index is 0.0134. The van der Waals surface area contributed by atoms with Crippen molar-refractivity contribution < 1.29 is 28.7 Å². The average molecular weight is 366 g/mol. The van der Waals surface area contributed by atoms with Crippen molar-refractivity contribution in [3.63, 3.8) is 0 Å². The van der Waals surface area contributed by atoms with Gasteiger partial charge in [0.05, 0.1) is 13.2 Å². The summed E-state index contributed by atoms with van der Waals surface area (Å²) in [5, 5.41) is 0. The fraction of sp³-hybridized carbons (Fsp3) is 0.800. The summed E-state index contributed by atoms with van der Waals surface area (Å²) in [4.78, 5) is 47.1. The SMILES string of the molecule is O=C1CCCCC1C(=O)OCCCCCCOC(=O)C1CCCCC1=O. The molecule has 0 aromatic heterocycles. The molecule has 2 unspecified atom stereocenters. The zero-order valence-electron chi connectivity index (χ0n) is 15.5. The highest BCUT2D eigenvalue weighted by molar-refractivity contribution is 5.99. The molecule has 0 amide bonds. The third kappa shape index (κ3) is 6.54. The molecule has 2 aliphatic carbocycles. The quantitative estimate of drug-likeness (QED) is 0.354. The summed E-state index contributed by atoms with van der Waals surface area (Å²) in [5.41, 5.74) is 0. The largest absolute Gasteiger partial charge is 0.465 e. The maximum absolute atomic E-state index is 11.9. The fourth-order valence-electron chi connectivity index (χ4n) is 3.57. The summed E-state index contributed by atoms with van der Waals surface area (Å²) in [6, 6.07) is 0. The summed E-state index contributed by atoms with van der Waals surface area (Å²) in [7, 11) is 0. The molecule has 0 aromatic rings. The lowest BCUT2D eigenvalue weighted by molar-refractivity contribution is -0.155. The average Bonchev–Trinajstić information content (AvgIpc) is 2.64. The van der Waals surface area contributed by atoms with Gasteiger partial charge in [0.2, 0.25) is 0 Å². The fourth-order valence-corrected chi connectivity index (χ4v) is 3.57. The van der Waals surface area contributed by atoms with Gasteiger partial charge in [-0.2, -0.15) is 0 Å². The number of Topliss-reactive ketones (excluding diaryl/α,β-unsaturated/α-hetero) is 2. The summed E-state index contributed by atoms with van der Waals surface area (Å²) in [6.07, 6.45) is 9.01. The molecular weight excluding hydrogens is 336 g/mol. The lowest BCUT2D eigenvalue weighted by Crippen LogP contribution is -2.29. The number of hydrogen-bond acceptors (Lipinski definition) is 6. The van der Waals surface area contributed by atoms with Crippen LogP contribution in [0.2, 0.25) is 0 Å². The lowest BCUT2D eigenvalue weighted by atomic mass is 9.88. The van der Waals surface area contributed by atoms with Crippen molar-refractivity contribution in [2.24, 2.45) is 11.8 Å². The normalized spacial score (nSPS) is 23.5. The monoisotopic (exact) mass is 366 g/mol. The molecule has 0 aromatic carbocycles. The van der Waals surface area contributed by atoms with E-state index in [-0.39, 0.29) is 23.5 Å². The van der Waals surface area contributed by atoms with Crippen LogP contribution in [0.3, 0.4) is 0 Å². The van der Waals surface area contributed by atoms with Crippen LogP contribution >= 0.6 is 0 Å². The molecule has 2 aliphatic rings. The number of carbonyl (C=O) groups is 4. The third-order valence-electron chi connectivity index (χ3n) is 5.21. The minimum atomic E-state index is -0.550. The molecule has 0 spiro atoms. The first-order valence-corrected chi connectivity index (χ1v) is 9.98. The maximum Gasteiger partial charge on any atom is 0.316 e. The zero-order valence-corrected chi connectivity index (χ0v) is 15.5. The number of ketones is 2. The van der Waals surface area contributed by atoms with Crippen LogP contribution in [-0.2, 0) is 28.7 Å². The van der Waals surface area contributed by atoms with E-state index in [4.69, 9.17) is 9.47 Å². The lowest BCUT2D eigenvalue weighted by Gasteiger charge is -2.19. The van der Waals surface area contributed by atoms with Crippen LogP contribution in [0, 0.1) is 11.8 Å². The minimum Gasteiger partial charge on any atom is -0.465 e. The summed E-state index contributed by atoms with van der Waals surface area (Å²) < 4.78 is 10.4. The van der Waals surface area contributed by atoms with Crippen molar-refractivity contribution >= 4 is 23.5 Å². The highest BCUT2D eigenvalue weighted by Gasteiger charge is 2.30. The van der Waals surface area contributed by atoms with E-state index in [9.17, 15) is 19.2 Å². The molecule has 26 heavy (non-hydrogen) atoms. The molecule has 2 saturated carbocycles. The van der Waals surface area contributed by atoms with Crippen LogP contribution in [0.5, 0.6) is 0 Å². The smallest absolute Gasteiger partial charge is 0.316 e. The van der Waals surface area contributed by atoms with E-state index in [1.54, 1.807) is 0 Å². The Labute approximate surface area is 155 Å². The molecule has 0 radical (unpaired) electrons. The van der Waals surface area contributed by atoms with Crippen LogP contribution in [0.15, 0.2) is 0 Å². The highest BCUT2D eigenvalue weighted by Crippen LogP contribution is 2.22. The Morgan fingerprint density at radius 2 is 1.12 bits per heavy atom. The van der Waals surface area contributed by atoms with Crippen molar-refractivity contribution in [3.05, 3.63) is 0 Å². The molecule has 0 heterocycles. The van der Waals surface area contributed by atoms with Gasteiger partial charge in [-0.1, -0.05) is 12.8 Å². The van der Waals surface area contributed by atoms with Crippen LogP contribution in [0.4, 0.5) is 0 Å². The van der Waals surface area contributed by atoms with Gasteiger partial charge in [0.1, 0.15) is 23.4 Å². The number of rotatable bonds is 9. The van der Waals surface area contributed by atoms with Gasteiger partial charge >= 0.3 is 11.9 Å². The number of unbranched alkanes of at least 4 members (excludes halogenated alkanes) is 3. The molecule has 2 rings (SSSR count). The van der Waals surface area contributed by atoms with Crippen LogP contribution in [0.1, 0.15) is 77.0 Å². The second kappa shape index (κ2) is 11.1. The van der Waals surface area contributed by atoms with E-state index in [1.807, 2.05) is 0 Å². The molecule has 0 saturated heterocycles. The molecule has 0 N–H and O–H groups in total. The first kappa shape index (κ1) is 20.6. The second-order valence-corrected chi connectivity index (χ2v) is 7.28. The predicted octanol–water partition coefficient (Wildman–Crippen LogP) is 3.15. The summed E-state index contributed by atoms with van der Waals surface area (Å²) in [5.74, 6) is -1.82. The Balaban J connectivity index is 1.46. The van der Waals surface area contributed by atoms with Gasteiger partial charge in [-0.25, -0.2) is 0 Å². The van der Waals surface area contributed by atoms with Gasteiger partial charge in [0.25, 0.3) is 0 Å². The van der Waals surface area contributed by atoms with E-state index in [0.717, 1.165) is 51.4 Å². The molecular formula is C20H30O6. The molecule has 6 heteroatoms. The Morgan fingerprint density at radius 3 is 1.50 bits per heavy atom. The predicted molar refractivity (Wildman–Crippen MR) is 94.3 cm³/mol. The van der Waals surface area contributed by atoms with Gasteiger partial charge < -0.3 is 9.47 Å². The Bertz CT molecular complexity index is 466. The van der Waals surface area contributed by atoms with Gasteiger partial charge in [-0.05, 0) is 51.4 Å². The van der Waals surface area contributed by atoms with Crippen molar-refractivity contribution in [1.29, 1.82) is 0 Å². The van der Waals surface area contributed by atoms with Gasteiger partial charge in [-0.15, -0.1) is 0 Å². The van der Waals surface area contributed by atoms with Crippen molar-refractivity contribution in [2.75, 3.05) is 13.2 Å². The molecule has 0 aliphatic heterocycles. The standard InChI is InChI=1S/C20H30O6/c21-17-11-5-3-9-15(17)19(23)25-13-7-1-2-8-14-26-20(24)16-10-4-6-12-18(16)22/h15-16H,1-14H2. The number of esters is 2. The first-order chi connectivity index (χ1) is 12.6. The van der Waals surface area contributed by atoms with E-state index in [0.29, 0.717) is 38.9 Å². The van der Waals surface area contributed by atoms with Gasteiger partial charge in [0, 0.05) is 12.8 Å². The van der Waals surface area contributed by atoms with Crippen LogP contribution < -0.4 is 0 Å². The summed E-state index contributed by atoms with van der Waals surface area (Å²) in [6.45, 7) is 0.665. The molecule has 2 fully saturated rings. The first-order valence-electron chi connectivity index (χ1n) is 9.98. The Hall–Kier alpha value is -1.72. The second-order valence-electron chi connectivity index (χ2n) is 7.28. The van der Waals surface area contributed by atoms with Gasteiger partial charge in [0.15, 0.2) is 0 Å². The van der Waals surface area contributed by atoms with Crippen LogP contribution in [-0.4, -0.2) is 36.7 Å².